The van der Waals surface area contributed by atoms with Crippen LogP contribution in [0.5, 0.6) is 5.75 Å². The molecule has 4 rings (SSSR count). The van der Waals surface area contributed by atoms with Crippen molar-refractivity contribution < 1.29 is 13.5 Å². The molecular formula is C21H21F2N7O2. The Morgan fingerprint density at radius 3 is 2.97 bits per heavy atom. The Balaban J connectivity index is 1.54. The first-order valence-electron chi connectivity index (χ1n) is 10.2. The van der Waals surface area contributed by atoms with E-state index in [1.807, 2.05) is 6.07 Å². The molecule has 0 unspecified atom stereocenters. The van der Waals surface area contributed by atoms with Gasteiger partial charge in [0, 0.05) is 24.6 Å². The van der Waals surface area contributed by atoms with Crippen LogP contribution < -0.4 is 20.9 Å². The van der Waals surface area contributed by atoms with E-state index in [0.717, 1.165) is 30.5 Å². The Labute approximate surface area is 182 Å². The Hall–Kier alpha value is -3.65. The average molecular weight is 441 g/mol. The normalized spacial score (nSPS) is 16.1. The van der Waals surface area contributed by atoms with Crippen molar-refractivity contribution in [2.24, 2.45) is 5.92 Å². The molecule has 11 heteroatoms. The lowest BCUT2D eigenvalue weighted by Gasteiger charge is -2.23. The molecule has 0 saturated carbocycles. The highest BCUT2D eigenvalue weighted by molar-refractivity contribution is 5.75. The van der Waals surface area contributed by atoms with E-state index in [2.05, 4.69) is 25.6 Å². The topological polar surface area (TPSA) is 118 Å². The molecule has 0 radical (unpaired) electrons. The van der Waals surface area contributed by atoms with E-state index in [0.29, 0.717) is 29.5 Å². The number of hydrogen-bond acceptors (Lipinski definition) is 8. The minimum absolute atomic E-state index is 0.176. The summed E-state index contributed by atoms with van der Waals surface area (Å²) in [6.07, 6.45) is 2.24. The quantitative estimate of drug-likeness (QED) is 0.574. The maximum absolute atomic E-state index is 12.8. The van der Waals surface area contributed by atoms with Crippen LogP contribution >= 0.6 is 0 Å². The highest BCUT2D eigenvalue weighted by Crippen LogP contribution is 2.24. The summed E-state index contributed by atoms with van der Waals surface area (Å²) < 4.78 is 32.4. The fraction of sp³-hybridized carbons (Fsp3) is 0.381. The smallest absolute Gasteiger partial charge is 0.256 e. The van der Waals surface area contributed by atoms with Gasteiger partial charge in [-0.3, -0.25) is 9.36 Å². The number of ether oxygens (including phenoxy) is 1. The van der Waals surface area contributed by atoms with E-state index in [1.165, 1.54) is 24.5 Å². The van der Waals surface area contributed by atoms with Gasteiger partial charge in [-0.15, -0.1) is 0 Å². The van der Waals surface area contributed by atoms with Crippen LogP contribution in [0.1, 0.15) is 18.5 Å². The summed E-state index contributed by atoms with van der Waals surface area (Å²) in [4.78, 5) is 24.5. The number of hydrogen-bond donors (Lipinski definition) is 2. The fourth-order valence-corrected chi connectivity index (χ4v) is 3.57. The number of nitrogens with one attached hydrogen (secondary N) is 2. The van der Waals surface area contributed by atoms with E-state index in [1.54, 1.807) is 6.07 Å². The van der Waals surface area contributed by atoms with Gasteiger partial charge in [-0.2, -0.15) is 5.26 Å². The van der Waals surface area contributed by atoms with Gasteiger partial charge < -0.3 is 15.4 Å². The minimum atomic E-state index is -2.68. The molecule has 1 saturated heterocycles. The molecule has 0 aromatic carbocycles. The van der Waals surface area contributed by atoms with Crippen LogP contribution in [-0.4, -0.2) is 45.6 Å². The molecule has 0 bridgehead atoms. The third kappa shape index (κ3) is 4.97. The monoisotopic (exact) mass is 441 g/mol. The van der Waals surface area contributed by atoms with Crippen molar-refractivity contribution in [3.05, 3.63) is 46.6 Å². The van der Waals surface area contributed by atoms with Gasteiger partial charge in [-0.05, 0) is 25.5 Å². The number of nitrogens with zero attached hydrogens (tertiary/aromatic N) is 5. The van der Waals surface area contributed by atoms with Crippen LogP contribution in [0.2, 0.25) is 0 Å². The number of nitriles is 1. The molecule has 0 spiro atoms. The summed E-state index contributed by atoms with van der Waals surface area (Å²) in [7, 11) is 0. The van der Waals surface area contributed by atoms with Crippen LogP contribution in [0.15, 0.2) is 35.4 Å². The molecule has 166 valence electrons. The first-order chi connectivity index (χ1) is 15.5. The first kappa shape index (κ1) is 21.6. The summed E-state index contributed by atoms with van der Waals surface area (Å²) in [6.45, 7) is 1.61. The van der Waals surface area contributed by atoms with Crippen molar-refractivity contribution in [2.45, 2.75) is 25.8 Å². The second-order valence-corrected chi connectivity index (χ2v) is 7.47. The van der Waals surface area contributed by atoms with E-state index in [4.69, 9.17) is 4.74 Å². The predicted molar refractivity (Wildman–Crippen MR) is 113 cm³/mol. The van der Waals surface area contributed by atoms with Crippen molar-refractivity contribution in [3.63, 3.8) is 0 Å². The molecule has 32 heavy (non-hydrogen) atoms. The number of fused-ring (bicyclic) bond motifs is 1. The molecule has 3 aromatic heterocycles. The number of piperidine rings is 1. The maximum Gasteiger partial charge on any atom is 0.256 e. The number of alkyl halides is 2. The number of rotatable bonds is 7. The van der Waals surface area contributed by atoms with Crippen molar-refractivity contribution in [1.29, 1.82) is 5.26 Å². The average Bonchev–Trinajstić information content (AvgIpc) is 2.80. The predicted octanol–water partition coefficient (Wildman–Crippen LogP) is 2.45. The summed E-state index contributed by atoms with van der Waals surface area (Å²) in [6, 6.07) is 6.31. The third-order valence-electron chi connectivity index (χ3n) is 5.15. The lowest BCUT2D eigenvalue weighted by atomic mass is 10.0. The van der Waals surface area contributed by atoms with Gasteiger partial charge in [0.1, 0.15) is 6.07 Å². The number of halogens is 2. The van der Waals surface area contributed by atoms with Crippen molar-refractivity contribution in [1.82, 2.24) is 24.8 Å². The van der Waals surface area contributed by atoms with Crippen LogP contribution in [0.3, 0.4) is 0 Å². The van der Waals surface area contributed by atoms with E-state index >= 15 is 0 Å². The summed E-state index contributed by atoms with van der Waals surface area (Å²) >= 11 is 0. The molecule has 2 N–H and O–H groups in total. The van der Waals surface area contributed by atoms with Gasteiger partial charge in [-0.25, -0.2) is 23.7 Å². The molecule has 3 aromatic rings. The Kier molecular flexibility index (Phi) is 6.51. The van der Waals surface area contributed by atoms with E-state index < -0.39 is 18.5 Å². The van der Waals surface area contributed by atoms with Gasteiger partial charge in [0.2, 0.25) is 5.95 Å². The van der Waals surface area contributed by atoms with Gasteiger partial charge in [0.15, 0.2) is 11.4 Å². The zero-order valence-electron chi connectivity index (χ0n) is 17.1. The lowest BCUT2D eigenvalue weighted by molar-refractivity contribution is 0.127. The molecule has 1 aliphatic rings. The molecular weight excluding hydrogens is 420 g/mol. The molecule has 1 fully saturated rings. The molecule has 1 atom stereocenters. The second-order valence-electron chi connectivity index (χ2n) is 7.47. The first-order valence-corrected chi connectivity index (χ1v) is 10.2. The van der Waals surface area contributed by atoms with E-state index in [-0.39, 0.29) is 17.2 Å². The maximum atomic E-state index is 12.8. The van der Waals surface area contributed by atoms with Crippen LogP contribution in [0.4, 0.5) is 20.4 Å². The standard InChI is InChI=1S/C21H21F2N7O2/c22-19(23)11-30-17-10-27-21(29-15(17)3-4-20(30)31)28-14-6-18(16(7-24)26-9-14)32-12-13-2-1-5-25-8-13/h3-4,6,9-10,13,19,25H,1-2,5,8,11-12H2,(H,27,28,29)/t13-/m0/s1. The lowest BCUT2D eigenvalue weighted by Crippen LogP contribution is -2.33. The van der Waals surface area contributed by atoms with Gasteiger partial charge >= 0.3 is 0 Å². The number of aromatic nitrogens is 4. The summed E-state index contributed by atoms with van der Waals surface area (Å²) in [5.74, 6) is 0.907. The van der Waals surface area contributed by atoms with Gasteiger partial charge in [0.05, 0.1) is 42.3 Å². The minimum Gasteiger partial charge on any atom is -0.490 e. The Morgan fingerprint density at radius 1 is 1.34 bits per heavy atom. The molecule has 9 nitrogen and oxygen atoms in total. The molecule has 0 amide bonds. The molecule has 1 aliphatic heterocycles. The zero-order valence-corrected chi connectivity index (χ0v) is 17.1. The molecule has 4 heterocycles. The number of anilines is 2. The van der Waals surface area contributed by atoms with Crippen LogP contribution in [-0.2, 0) is 6.54 Å². The summed E-state index contributed by atoms with van der Waals surface area (Å²) in [5, 5.41) is 15.6. The van der Waals surface area contributed by atoms with Gasteiger partial charge in [-0.1, -0.05) is 0 Å². The number of pyridine rings is 2. The SMILES string of the molecule is N#Cc1ncc(Nc2ncc3c(ccc(=O)n3CC(F)F)n2)cc1OC[C@H]1CCCNC1. The van der Waals surface area contributed by atoms with Crippen molar-refractivity contribution >= 4 is 22.7 Å². The van der Waals surface area contributed by atoms with Crippen LogP contribution in [0, 0.1) is 17.2 Å². The van der Waals surface area contributed by atoms with Gasteiger partial charge in [0.25, 0.3) is 12.0 Å². The van der Waals surface area contributed by atoms with Crippen molar-refractivity contribution in [3.8, 4) is 11.8 Å². The fourth-order valence-electron chi connectivity index (χ4n) is 3.57. The second kappa shape index (κ2) is 9.65. The Bertz CT molecular complexity index is 1200. The summed E-state index contributed by atoms with van der Waals surface area (Å²) in [5.41, 5.74) is 0.682. The van der Waals surface area contributed by atoms with Crippen molar-refractivity contribution in [2.75, 3.05) is 25.0 Å². The van der Waals surface area contributed by atoms with E-state index in [9.17, 15) is 18.8 Å². The highest BCUT2D eigenvalue weighted by atomic mass is 19.3. The largest absolute Gasteiger partial charge is 0.490 e. The highest BCUT2D eigenvalue weighted by Gasteiger charge is 2.16. The third-order valence-corrected chi connectivity index (χ3v) is 5.15. The molecule has 0 aliphatic carbocycles. The Morgan fingerprint density at radius 2 is 2.22 bits per heavy atom. The zero-order chi connectivity index (χ0) is 22.5. The van der Waals surface area contributed by atoms with Crippen LogP contribution in [0.25, 0.3) is 11.0 Å².